The Morgan fingerprint density at radius 3 is 2.90 bits per heavy atom. The number of carbonyl (C=O) groups excluding carboxylic acids is 2. The molecule has 2 saturated heterocycles. The molecule has 0 saturated carbocycles. The van der Waals surface area contributed by atoms with Crippen molar-refractivity contribution in [2.75, 3.05) is 6.54 Å². The molecule has 5 heteroatoms. The van der Waals surface area contributed by atoms with E-state index in [2.05, 4.69) is 5.32 Å². The number of hydrogen-bond acceptors (Lipinski definition) is 3. The third-order valence-corrected chi connectivity index (χ3v) is 4.20. The molecule has 0 unspecified atom stereocenters. The molecule has 0 aliphatic carbocycles. The van der Waals surface area contributed by atoms with Crippen LogP contribution in [0.2, 0.25) is 0 Å². The predicted octanol–water partition coefficient (Wildman–Crippen LogP) is 2.07. The number of alkyl carbamates (subject to hydrolysis) is 1. The third-order valence-electron chi connectivity index (χ3n) is 4.20. The number of carbonyl (C=O) groups is 2. The first-order chi connectivity index (χ1) is 10.2. The Balaban J connectivity index is 1.46. The molecule has 0 radical (unpaired) electrons. The molecule has 2 aliphatic heterocycles. The standard InChI is InChI=1S/C16H20N2O3/c19-15-8-4-7-14-9-13(10-18(14)15)17-16(20)21-11-12-5-2-1-3-6-12/h1-3,5-6,13-14H,4,7-11H2,(H,17,20)/t13-,14+/m0/s1. The van der Waals surface area contributed by atoms with Crippen molar-refractivity contribution in [2.24, 2.45) is 0 Å². The first-order valence-electron chi connectivity index (χ1n) is 7.49. The van der Waals surface area contributed by atoms with Gasteiger partial charge in [0.15, 0.2) is 0 Å². The second-order valence-electron chi connectivity index (χ2n) is 5.73. The fraction of sp³-hybridized carbons (Fsp3) is 0.500. The summed E-state index contributed by atoms with van der Waals surface area (Å²) < 4.78 is 5.22. The van der Waals surface area contributed by atoms with Crippen LogP contribution in [0.15, 0.2) is 30.3 Å². The van der Waals surface area contributed by atoms with Crippen LogP contribution in [0, 0.1) is 0 Å². The summed E-state index contributed by atoms with van der Waals surface area (Å²) in [5.41, 5.74) is 0.965. The van der Waals surface area contributed by atoms with Gasteiger partial charge in [-0.25, -0.2) is 4.79 Å². The lowest BCUT2D eigenvalue weighted by atomic mass is 10.0. The zero-order valence-corrected chi connectivity index (χ0v) is 12.0. The van der Waals surface area contributed by atoms with Crippen LogP contribution in [0.5, 0.6) is 0 Å². The molecule has 2 aliphatic rings. The molecule has 1 N–H and O–H groups in total. The van der Waals surface area contributed by atoms with Crippen LogP contribution in [-0.4, -0.2) is 35.5 Å². The van der Waals surface area contributed by atoms with Crippen molar-refractivity contribution in [2.45, 2.75) is 44.4 Å². The molecule has 2 amide bonds. The van der Waals surface area contributed by atoms with Gasteiger partial charge in [0, 0.05) is 19.0 Å². The highest BCUT2D eigenvalue weighted by Crippen LogP contribution is 2.27. The molecule has 2 heterocycles. The Labute approximate surface area is 124 Å². The second-order valence-corrected chi connectivity index (χ2v) is 5.73. The van der Waals surface area contributed by atoms with Gasteiger partial charge < -0.3 is 15.0 Å². The van der Waals surface area contributed by atoms with Gasteiger partial charge in [0.1, 0.15) is 6.61 Å². The SMILES string of the molecule is O=C(N[C@H]1C[C@H]2CCCC(=O)N2C1)OCc1ccccc1. The van der Waals surface area contributed by atoms with Gasteiger partial charge in [-0.05, 0) is 24.8 Å². The van der Waals surface area contributed by atoms with E-state index in [1.54, 1.807) is 0 Å². The van der Waals surface area contributed by atoms with Gasteiger partial charge in [0.05, 0.1) is 6.04 Å². The fourth-order valence-electron chi connectivity index (χ4n) is 3.16. The average molecular weight is 288 g/mol. The quantitative estimate of drug-likeness (QED) is 0.926. The van der Waals surface area contributed by atoms with Crippen molar-refractivity contribution in [3.05, 3.63) is 35.9 Å². The van der Waals surface area contributed by atoms with Crippen molar-refractivity contribution >= 4 is 12.0 Å². The van der Waals surface area contributed by atoms with Crippen LogP contribution in [0.4, 0.5) is 4.79 Å². The minimum atomic E-state index is -0.406. The molecule has 1 aromatic carbocycles. The smallest absolute Gasteiger partial charge is 0.407 e. The summed E-state index contributed by atoms with van der Waals surface area (Å²) in [5, 5.41) is 2.87. The van der Waals surface area contributed by atoms with E-state index in [0.29, 0.717) is 19.0 Å². The van der Waals surface area contributed by atoms with Crippen molar-refractivity contribution < 1.29 is 14.3 Å². The maximum atomic E-state index is 11.8. The lowest BCUT2D eigenvalue weighted by molar-refractivity contribution is -0.134. The van der Waals surface area contributed by atoms with E-state index in [4.69, 9.17) is 4.74 Å². The Morgan fingerprint density at radius 1 is 1.33 bits per heavy atom. The summed E-state index contributed by atoms with van der Waals surface area (Å²) in [6.07, 6.45) is 3.08. The lowest BCUT2D eigenvalue weighted by Crippen LogP contribution is -2.41. The van der Waals surface area contributed by atoms with Gasteiger partial charge in [-0.15, -0.1) is 0 Å². The Morgan fingerprint density at radius 2 is 2.14 bits per heavy atom. The molecule has 2 fully saturated rings. The molecular formula is C16H20N2O3. The topological polar surface area (TPSA) is 58.6 Å². The number of piperidine rings is 1. The Kier molecular flexibility index (Phi) is 4.08. The van der Waals surface area contributed by atoms with Gasteiger partial charge in [0.25, 0.3) is 0 Å². The lowest BCUT2D eigenvalue weighted by Gasteiger charge is -2.28. The van der Waals surface area contributed by atoms with Gasteiger partial charge in [0.2, 0.25) is 5.91 Å². The van der Waals surface area contributed by atoms with E-state index < -0.39 is 6.09 Å². The van der Waals surface area contributed by atoms with Crippen LogP contribution < -0.4 is 5.32 Å². The van der Waals surface area contributed by atoms with E-state index in [-0.39, 0.29) is 18.6 Å². The van der Waals surface area contributed by atoms with E-state index >= 15 is 0 Å². The monoisotopic (exact) mass is 288 g/mol. The molecule has 0 aromatic heterocycles. The van der Waals surface area contributed by atoms with Gasteiger partial charge in [-0.3, -0.25) is 4.79 Å². The van der Waals surface area contributed by atoms with Crippen LogP contribution in [0.1, 0.15) is 31.2 Å². The average Bonchev–Trinajstić information content (AvgIpc) is 2.90. The third kappa shape index (κ3) is 3.35. The van der Waals surface area contributed by atoms with Gasteiger partial charge >= 0.3 is 6.09 Å². The van der Waals surface area contributed by atoms with Crippen LogP contribution >= 0.6 is 0 Å². The van der Waals surface area contributed by atoms with Crippen molar-refractivity contribution in [3.63, 3.8) is 0 Å². The molecule has 0 spiro atoms. The van der Waals surface area contributed by atoms with Crippen molar-refractivity contribution in [1.82, 2.24) is 10.2 Å². The normalized spacial score (nSPS) is 24.6. The highest BCUT2D eigenvalue weighted by Gasteiger charge is 2.37. The molecule has 112 valence electrons. The van der Waals surface area contributed by atoms with Crippen molar-refractivity contribution in [1.29, 1.82) is 0 Å². The highest BCUT2D eigenvalue weighted by atomic mass is 16.5. The number of benzene rings is 1. The summed E-state index contributed by atoms with van der Waals surface area (Å²) in [6, 6.07) is 9.90. The number of ether oxygens (including phenoxy) is 1. The zero-order valence-electron chi connectivity index (χ0n) is 12.0. The minimum absolute atomic E-state index is 0.0142. The molecule has 3 rings (SSSR count). The Hall–Kier alpha value is -2.04. The van der Waals surface area contributed by atoms with E-state index in [1.807, 2.05) is 35.2 Å². The van der Waals surface area contributed by atoms with E-state index in [0.717, 1.165) is 24.8 Å². The van der Waals surface area contributed by atoms with Gasteiger partial charge in [-0.1, -0.05) is 30.3 Å². The zero-order chi connectivity index (χ0) is 14.7. The fourth-order valence-corrected chi connectivity index (χ4v) is 3.16. The maximum absolute atomic E-state index is 11.8. The summed E-state index contributed by atoms with van der Waals surface area (Å²) in [6.45, 7) is 0.884. The number of fused-ring (bicyclic) bond motifs is 1. The Bertz CT molecular complexity index is 518. The summed E-state index contributed by atoms with van der Waals surface area (Å²) in [4.78, 5) is 25.5. The number of nitrogens with zero attached hydrogens (tertiary/aromatic N) is 1. The van der Waals surface area contributed by atoms with E-state index in [9.17, 15) is 9.59 Å². The second kappa shape index (κ2) is 6.16. The van der Waals surface area contributed by atoms with Crippen LogP contribution in [-0.2, 0) is 16.1 Å². The molecule has 1 aromatic rings. The predicted molar refractivity (Wildman–Crippen MR) is 77.5 cm³/mol. The van der Waals surface area contributed by atoms with Crippen LogP contribution in [0.25, 0.3) is 0 Å². The number of hydrogen-bond donors (Lipinski definition) is 1. The summed E-state index contributed by atoms with van der Waals surface area (Å²) in [5.74, 6) is 0.216. The molecule has 21 heavy (non-hydrogen) atoms. The number of rotatable bonds is 3. The summed E-state index contributed by atoms with van der Waals surface area (Å²) in [7, 11) is 0. The largest absolute Gasteiger partial charge is 0.445 e. The molecule has 5 nitrogen and oxygen atoms in total. The van der Waals surface area contributed by atoms with Gasteiger partial charge in [-0.2, -0.15) is 0 Å². The highest BCUT2D eigenvalue weighted by molar-refractivity contribution is 5.78. The number of amides is 2. The summed E-state index contributed by atoms with van der Waals surface area (Å²) >= 11 is 0. The minimum Gasteiger partial charge on any atom is -0.445 e. The molecule has 2 atom stereocenters. The first-order valence-corrected chi connectivity index (χ1v) is 7.49. The first kappa shape index (κ1) is 13.9. The van der Waals surface area contributed by atoms with Crippen molar-refractivity contribution in [3.8, 4) is 0 Å². The molecular weight excluding hydrogens is 268 g/mol. The molecule has 0 bridgehead atoms. The van der Waals surface area contributed by atoms with Crippen LogP contribution in [0.3, 0.4) is 0 Å². The van der Waals surface area contributed by atoms with E-state index in [1.165, 1.54) is 0 Å². The number of nitrogens with one attached hydrogen (secondary N) is 1. The maximum Gasteiger partial charge on any atom is 0.407 e.